The predicted molar refractivity (Wildman–Crippen MR) is 83.6 cm³/mol. The molecule has 0 atom stereocenters. The maximum absolute atomic E-state index is 12.0. The number of aryl methyl sites for hydroxylation is 2. The number of amides is 1. The van der Waals surface area contributed by atoms with Crippen LogP contribution in [0.2, 0.25) is 0 Å². The topological polar surface area (TPSA) is 85.8 Å². The third-order valence-electron chi connectivity index (χ3n) is 3.44. The summed E-state index contributed by atoms with van der Waals surface area (Å²) in [6, 6.07) is 9.38. The summed E-state index contributed by atoms with van der Waals surface area (Å²) in [5, 5.41) is 6.61. The molecule has 0 fully saturated rings. The zero-order valence-electron chi connectivity index (χ0n) is 12.8. The Morgan fingerprint density at radius 3 is 2.87 bits per heavy atom. The number of hydrogen-bond acceptors (Lipinski definition) is 5. The van der Waals surface area contributed by atoms with Crippen molar-refractivity contribution in [2.45, 2.75) is 19.9 Å². The van der Waals surface area contributed by atoms with Gasteiger partial charge in [-0.1, -0.05) is 35.5 Å². The van der Waals surface area contributed by atoms with Gasteiger partial charge in [0.1, 0.15) is 5.82 Å². The van der Waals surface area contributed by atoms with Gasteiger partial charge in [0.05, 0.1) is 0 Å². The molecule has 0 aliphatic heterocycles. The molecule has 118 valence electrons. The van der Waals surface area contributed by atoms with E-state index in [-0.39, 0.29) is 11.8 Å². The molecule has 0 unspecified atom stereocenters. The highest BCUT2D eigenvalue weighted by Gasteiger charge is 2.15. The van der Waals surface area contributed by atoms with Gasteiger partial charge in [-0.25, -0.2) is 4.98 Å². The Labute approximate surface area is 133 Å². The van der Waals surface area contributed by atoms with Crippen LogP contribution in [0.1, 0.15) is 22.9 Å². The first-order valence-corrected chi connectivity index (χ1v) is 7.39. The molecule has 0 radical (unpaired) electrons. The third kappa shape index (κ3) is 3.63. The molecule has 2 heterocycles. The molecule has 1 amide bonds. The average Bonchev–Trinajstić information content (AvgIpc) is 3.22. The van der Waals surface area contributed by atoms with Crippen LogP contribution in [0.4, 0.5) is 0 Å². The van der Waals surface area contributed by atoms with Gasteiger partial charge in [0.25, 0.3) is 0 Å². The van der Waals surface area contributed by atoms with E-state index in [9.17, 15) is 4.79 Å². The molecular formula is C16H17N5O2. The summed E-state index contributed by atoms with van der Waals surface area (Å²) in [7, 11) is 0. The van der Waals surface area contributed by atoms with Crippen LogP contribution < -0.4 is 5.32 Å². The zero-order chi connectivity index (χ0) is 16.1. The summed E-state index contributed by atoms with van der Waals surface area (Å²) < 4.78 is 7.05. The van der Waals surface area contributed by atoms with Crippen molar-refractivity contribution < 1.29 is 9.32 Å². The first kappa shape index (κ1) is 15.0. The quantitative estimate of drug-likeness (QED) is 0.704. The number of rotatable bonds is 6. The Kier molecular flexibility index (Phi) is 4.46. The Morgan fingerprint density at radius 2 is 2.13 bits per heavy atom. The summed E-state index contributed by atoms with van der Waals surface area (Å²) in [4.78, 5) is 20.3. The first-order valence-electron chi connectivity index (χ1n) is 7.39. The van der Waals surface area contributed by atoms with E-state index in [1.165, 1.54) is 0 Å². The number of benzene rings is 1. The molecule has 3 rings (SSSR count). The van der Waals surface area contributed by atoms with Crippen molar-refractivity contribution in [3.8, 4) is 11.4 Å². The monoisotopic (exact) mass is 311 g/mol. The van der Waals surface area contributed by atoms with Crippen LogP contribution in [-0.2, 0) is 6.54 Å². The zero-order valence-corrected chi connectivity index (χ0v) is 12.8. The number of carbonyl (C=O) groups is 1. The lowest BCUT2D eigenvalue weighted by Gasteiger charge is -2.05. The minimum absolute atomic E-state index is 0.0253. The van der Waals surface area contributed by atoms with Crippen LogP contribution in [-0.4, -0.2) is 32.1 Å². The molecule has 3 aromatic rings. The van der Waals surface area contributed by atoms with Gasteiger partial charge < -0.3 is 14.4 Å². The van der Waals surface area contributed by atoms with Crippen LogP contribution in [0.15, 0.2) is 47.2 Å². The molecule has 0 saturated heterocycles. The Hall–Kier alpha value is -2.96. The predicted octanol–water partition coefficient (Wildman–Crippen LogP) is 2.06. The molecule has 1 N–H and O–H groups in total. The number of nitrogens with one attached hydrogen (secondary N) is 1. The van der Waals surface area contributed by atoms with E-state index in [1.54, 1.807) is 6.20 Å². The number of carbonyl (C=O) groups excluding carboxylic acids is 1. The Balaban J connectivity index is 1.51. The molecule has 0 bridgehead atoms. The molecule has 7 nitrogen and oxygen atoms in total. The van der Waals surface area contributed by atoms with Gasteiger partial charge in [0, 0.05) is 31.0 Å². The summed E-state index contributed by atoms with van der Waals surface area (Å²) in [6.45, 7) is 3.27. The van der Waals surface area contributed by atoms with Crippen molar-refractivity contribution in [2.75, 3.05) is 6.54 Å². The van der Waals surface area contributed by atoms with E-state index in [0.29, 0.717) is 12.4 Å². The second-order valence-electron chi connectivity index (χ2n) is 5.07. The molecule has 0 aliphatic carbocycles. The lowest BCUT2D eigenvalue weighted by molar-refractivity contribution is 0.0909. The van der Waals surface area contributed by atoms with Gasteiger partial charge in [0.2, 0.25) is 5.82 Å². The van der Waals surface area contributed by atoms with E-state index >= 15 is 0 Å². The Bertz CT molecular complexity index is 779. The molecule has 0 spiro atoms. The number of hydrogen-bond donors (Lipinski definition) is 1. The number of nitrogens with zero attached hydrogens (tertiary/aromatic N) is 4. The lowest BCUT2D eigenvalue weighted by atomic mass is 10.2. The second kappa shape index (κ2) is 6.87. The summed E-state index contributed by atoms with van der Waals surface area (Å²) in [6.07, 6.45) is 4.47. The highest BCUT2D eigenvalue weighted by molar-refractivity contribution is 5.89. The van der Waals surface area contributed by atoms with Crippen molar-refractivity contribution in [1.82, 2.24) is 25.0 Å². The highest BCUT2D eigenvalue weighted by Crippen LogP contribution is 2.14. The Morgan fingerprint density at radius 1 is 1.30 bits per heavy atom. The average molecular weight is 311 g/mol. The highest BCUT2D eigenvalue weighted by atomic mass is 16.5. The standard InChI is InChI=1S/C16H17N5O2/c1-12-17-9-11-21(12)10-5-8-18-15(22)16-19-14(20-23-16)13-6-3-2-4-7-13/h2-4,6-7,9,11H,5,8,10H2,1H3,(H,18,22). The fourth-order valence-electron chi connectivity index (χ4n) is 2.19. The van der Waals surface area contributed by atoms with Crippen LogP contribution in [0.5, 0.6) is 0 Å². The SMILES string of the molecule is Cc1nccn1CCCNC(=O)c1nc(-c2ccccc2)no1. The first-order chi connectivity index (χ1) is 11.2. The van der Waals surface area contributed by atoms with Crippen LogP contribution >= 0.6 is 0 Å². The van der Waals surface area contributed by atoms with Gasteiger partial charge in [-0.2, -0.15) is 4.98 Å². The molecule has 2 aromatic heterocycles. The van der Waals surface area contributed by atoms with Crippen molar-refractivity contribution in [2.24, 2.45) is 0 Å². The molecule has 23 heavy (non-hydrogen) atoms. The van der Waals surface area contributed by atoms with E-state index in [2.05, 4.69) is 20.4 Å². The normalized spacial score (nSPS) is 10.7. The third-order valence-corrected chi connectivity index (χ3v) is 3.44. The van der Waals surface area contributed by atoms with E-state index in [1.807, 2.05) is 48.0 Å². The van der Waals surface area contributed by atoms with Gasteiger partial charge in [-0.3, -0.25) is 4.79 Å². The van der Waals surface area contributed by atoms with Gasteiger partial charge >= 0.3 is 11.8 Å². The molecule has 7 heteroatoms. The minimum atomic E-state index is -0.359. The van der Waals surface area contributed by atoms with Crippen molar-refractivity contribution >= 4 is 5.91 Å². The number of aromatic nitrogens is 4. The van der Waals surface area contributed by atoms with Gasteiger partial charge in [0.15, 0.2) is 0 Å². The van der Waals surface area contributed by atoms with Crippen LogP contribution in [0, 0.1) is 6.92 Å². The van der Waals surface area contributed by atoms with E-state index in [4.69, 9.17) is 4.52 Å². The molecular weight excluding hydrogens is 294 g/mol. The van der Waals surface area contributed by atoms with Crippen LogP contribution in [0.3, 0.4) is 0 Å². The molecule has 1 aromatic carbocycles. The van der Waals surface area contributed by atoms with E-state index < -0.39 is 0 Å². The summed E-state index contributed by atoms with van der Waals surface area (Å²) in [5.74, 6) is 0.982. The summed E-state index contributed by atoms with van der Waals surface area (Å²) >= 11 is 0. The second-order valence-corrected chi connectivity index (χ2v) is 5.07. The van der Waals surface area contributed by atoms with E-state index in [0.717, 1.165) is 24.4 Å². The molecule has 0 saturated carbocycles. The van der Waals surface area contributed by atoms with Gasteiger partial charge in [-0.05, 0) is 13.3 Å². The fourth-order valence-corrected chi connectivity index (χ4v) is 2.19. The molecule has 0 aliphatic rings. The minimum Gasteiger partial charge on any atom is -0.348 e. The van der Waals surface area contributed by atoms with Crippen molar-refractivity contribution in [1.29, 1.82) is 0 Å². The van der Waals surface area contributed by atoms with Gasteiger partial charge in [-0.15, -0.1) is 0 Å². The lowest BCUT2D eigenvalue weighted by Crippen LogP contribution is -2.25. The van der Waals surface area contributed by atoms with Crippen molar-refractivity contribution in [3.63, 3.8) is 0 Å². The largest absolute Gasteiger partial charge is 0.348 e. The maximum Gasteiger partial charge on any atom is 0.316 e. The van der Waals surface area contributed by atoms with Crippen molar-refractivity contribution in [3.05, 3.63) is 54.4 Å². The smallest absolute Gasteiger partial charge is 0.316 e. The van der Waals surface area contributed by atoms with Crippen LogP contribution in [0.25, 0.3) is 11.4 Å². The summed E-state index contributed by atoms with van der Waals surface area (Å²) in [5.41, 5.74) is 0.811. The number of imidazole rings is 1. The maximum atomic E-state index is 12.0. The fraction of sp³-hybridized carbons (Fsp3) is 0.250.